The number of carbonyl (C=O) groups is 1. The van der Waals surface area contributed by atoms with Crippen molar-refractivity contribution in [2.45, 2.75) is 50.6 Å². The number of likely N-dealkylation sites (N-methyl/N-ethyl adjacent to an activating group) is 1. The Bertz CT molecular complexity index is 1790. The number of ether oxygens (including phenoxy) is 3. The Balaban J connectivity index is 1.10. The van der Waals surface area contributed by atoms with E-state index < -0.39 is 12.4 Å². The van der Waals surface area contributed by atoms with Crippen molar-refractivity contribution in [3.05, 3.63) is 156 Å². The second-order valence-corrected chi connectivity index (χ2v) is 12.5. The lowest BCUT2D eigenvalue weighted by Gasteiger charge is -2.39. The predicted molar refractivity (Wildman–Crippen MR) is 194 cm³/mol. The predicted octanol–water partition coefficient (Wildman–Crippen LogP) is 8.21. The minimum Gasteiger partial charge on any atom is -0.457 e. The van der Waals surface area contributed by atoms with Gasteiger partial charge in [-0.25, -0.2) is 4.79 Å². The molecule has 50 heavy (non-hydrogen) atoms. The number of carbonyl (C=O) groups excluding carboxylic acids is 1. The monoisotopic (exact) mass is 673 g/mol. The molecule has 5 atom stereocenters. The zero-order valence-corrected chi connectivity index (χ0v) is 28.2. The molecule has 1 heterocycles. The molecule has 0 saturated carbocycles. The summed E-state index contributed by atoms with van der Waals surface area (Å²) < 4.78 is 18.9. The first-order valence-corrected chi connectivity index (χ1v) is 16.8. The molecular weight excluding hydrogens is 630 g/mol. The van der Waals surface area contributed by atoms with Crippen LogP contribution in [0.2, 0.25) is 0 Å². The molecule has 9 heteroatoms. The van der Waals surface area contributed by atoms with E-state index in [1.54, 1.807) is 24.3 Å². The smallest absolute Gasteiger partial charge is 0.323 e. The lowest BCUT2D eigenvalue weighted by atomic mass is 9.98. The molecule has 258 valence electrons. The van der Waals surface area contributed by atoms with Crippen molar-refractivity contribution in [3.63, 3.8) is 0 Å². The fourth-order valence-corrected chi connectivity index (χ4v) is 5.94. The Kier molecular flexibility index (Phi) is 11.5. The van der Waals surface area contributed by atoms with Gasteiger partial charge in [0, 0.05) is 35.9 Å². The van der Waals surface area contributed by atoms with Gasteiger partial charge in [0.15, 0.2) is 6.29 Å². The first-order valence-electron chi connectivity index (χ1n) is 16.8. The first-order chi connectivity index (χ1) is 24.3. The third-order valence-electron chi connectivity index (χ3n) is 8.93. The van der Waals surface area contributed by atoms with Crippen molar-refractivity contribution < 1.29 is 29.2 Å². The van der Waals surface area contributed by atoms with Gasteiger partial charge in [-0.15, -0.1) is 0 Å². The maximum Gasteiger partial charge on any atom is 0.323 e. The zero-order chi connectivity index (χ0) is 34.9. The quantitative estimate of drug-likeness (QED) is 0.106. The molecule has 4 N–H and O–H groups in total. The molecule has 1 aliphatic rings. The standard InChI is InChI=1S/C41H43N3O6/c1-28(39(46)31-9-5-3-6-10-31)44(2)26-37-25-38(30-15-13-29(27-45)14-16-30)50-40(49-37)32-17-19-33(20-18-32)42-41(47)43-34-21-23-36(24-22-34)48-35-11-7-4-8-12-35/h3-24,28,37-40,45-46H,25-27H2,1-2H3,(H2,42,43,47)/t28-,37+,38-,39-,40-/m0/s1. The van der Waals surface area contributed by atoms with Gasteiger partial charge in [-0.05, 0) is 79.2 Å². The van der Waals surface area contributed by atoms with Crippen molar-refractivity contribution in [2.75, 3.05) is 24.2 Å². The topological polar surface area (TPSA) is 113 Å². The van der Waals surface area contributed by atoms with Crippen LogP contribution in [0.1, 0.15) is 54.1 Å². The highest BCUT2D eigenvalue weighted by molar-refractivity contribution is 5.99. The fraction of sp³-hybridized carbons (Fsp3) is 0.244. The second kappa shape index (κ2) is 16.6. The van der Waals surface area contributed by atoms with Crippen LogP contribution in [0.3, 0.4) is 0 Å². The Hall–Kier alpha value is -5.03. The number of amides is 2. The van der Waals surface area contributed by atoms with Gasteiger partial charge in [-0.1, -0.05) is 84.9 Å². The maximum atomic E-state index is 12.8. The highest BCUT2D eigenvalue weighted by atomic mass is 16.7. The summed E-state index contributed by atoms with van der Waals surface area (Å²) >= 11 is 0. The van der Waals surface area contributed by atoms with Gasteiger partial charge >= 0.3 is 6.03 Å². The molecule has 1 fully saturated rings. The highest BCUT2D eigenvalue weighted by Gasteiger charge is 2.34. The molecule has 1 aliphatic heterocycles. The van der Waals surface area contributed by atoms with Gasteiger partial charge < -0.3 is 35.1 Å². The fourth-order valence-electron chi connectivity index (χ4n) is 5.94. The number of aliphatic hydroxyl groups is 2. The van der Waals surface area contributed by atoms with Crippen molar-refractivity contribution in [2.24, 2.45) is 0 Å². The number of benzene rings is 5. The summed E-state index contributed by atoms with van der Waals surface area (Å²) in [6, 6.07) is 41.0. The largest absolute Gasteiger partial charge is 0.457 e. The summed E-state index contributed by atoms with van der Waals surface area (Å²) in [6.07, 6.45) is -1.13. The summed E-state index contributed by atoms with van der Waals surface area (Å²) in [6.45, 7) is 2.56. The molecule has 0 aromatic heterocycles. The zero-order valence-electron chi connectivity index (χ0n) is 28.2. The van der Waals surface area contributed by atoms with Crippen LogP contribution in [0, 0.1) is 0 Å². The number of hydrogen-bond acceptors (Lipinski definition) is 7. The summed E-state index contributed by atoms with van der Waals surface area (Å²) in [5.74, 6) is 1.41. The molecule has 1 saturated heterocycles. The molecule has 0 aliphatic carbocycles. The number of nitrogens with zero attached hydrogens (tertiary/aromatic N) is 1. The lowest BCUT2D eigenvalue weighted by Crippen LogP contribution is -2.43. The van der Waals surface area contributed by atoms with Crippen molar-refractivity contribution in [1.82, 2.24) is 4.90 Å². The van der Waals surface area contributed by atoms with E-state index in [1.165, 1.54) is 0 Å². The normalized spacial score (nSPS) is 18.6. The summed E-state index contributed by atoms with van der Waals surface area (Å²) in [4.78, 5) is 14.9. The van der Waals surface area contributed by atoms with E-state index in [-0.39, 0.29) is 30.9 Å². The van der Waals surface area contributed by atoms with Crippen LogP contribution in [-0.2, 0) is 16.1 Å². The van der Waals surface area contributed by atoms with Crippen LogP contribution in [0.5, 0.6) is 11.5 Å². The minimum atomic E-state index is -0.654. The van der Waals surface area contributed by atoms with Crippen molar-refractivity contribution >= 4 is 17.4 Å². The van der Waals surface area contributed by atoms with Crippen molar-refractivity contribution in [3.8, 4) is 11.5 Å². The molecule has 6 rings (SSSR count). The Morgan fingerprint density at radius 1 is 0.780 bits per heavy atom. The van der Waals surface area contributed by atoms with Gasteiger partial charge in [0.05, 0.1) is 24.9 Å². The number of rotatable bonds is 12. The van der Waals surface area contributed by atoms with E-state index in [0.717, 1.165) is 28.0 Å². The van der Waals surface area contributed by atoms with E-state index >= 15 is 0 Å². The van der Waals surface area contributed by atoms with E-state index in [1.807, 2.05) is 123 Å². The molecule has 2 amide bonds. The Morgan fingerprint density at radius 3 is 1.96 bits per heavy atom. The van der Waals surface area contributed by atoms with E-state index in [4.69, 9.17) is 14.2 Å². The molecular formula is C41H43N3O6. The highest BCUT2D eigenvalue weighted by Crippen LogP contribution is 2.39. The summed E-state index contributed by atoms with van der Waals surface area (Å²) in [5.41, 5.74) is 4.75. The maximum absolute atomic E-state index is 12.8. The second-order valence-electron chi connectivity index (χ2n) is 12.5. The number of aliphatic hydroxyl groups excluding tert-OH is 2. The molecule has 0 radical (unpaired) electrons. The summed E-state index contributed by atoms with van der Waals surface area (Å²) in [7, 11) is 1.99. The SMILES string of the molecule is C[C@@H]([C@H](O)c1ccccc1)N(C)C[C@H]1C[C@@H](c2ccc(CO)cc2)O[C@@H](c2ccc(NC(=O)Nc3ccc(Oc4ccccc4)cc3)cc2)O1. The van der Waals surface area contributed by atoms with Crippen LogP contribution in [-0.4, -0.2) is 46.9 Å². The van der Waals surface area contributed by atoms with Crippen LogP contribution in [0.4, 0.5) is 16.2 Å². The van der Waals surface area contributed by atoms with Crippen molar-refractivity contribution in [1.29, 1.82) is 0 Å². The van der Waals surface area contributed by atoms with Gasteiger partial charge in [0.2, 0.25) is 0 Å². The van der Waals surface area contributed by atoms with Gasteiger partial charge in [0.25, 0.3) is 0 Å². The lowest BCUT2D eigenvalue weighted by molar-refractivity contribution is -0.253. The first kappa shape index (κ1) is 34.8. The van der Waals surface area contributed by atoms with Crippen LogP contribution in [0.15, 0.2) is 133 Å². The Labute approximate surface area is 293 Å². The summed E-state index contributed by atoms with van der Waals surface area (Å²) in [5, 5.41) is 26.3. The number of nitrogens with one attached hydrogen (secondary N) is 2. The number of anilines is 2. The molecule has 0 bridgehead atoms. The number of urea groups is 1. The Morgan fingerprint density at radius 2 is 1.34 bits per heavy atom. The average molecular weight is 674 g/mol. The number of para-hydroxylation sites is 1. The van der Waals surface area contributed by atoms with Gasteiger partial charge in [-0.2, -0.15) is 0 Å². The molecule has 5 aromatic rings. The van der Waals surface area contributed by atoms with Gasteiger partial charge in [0.1, 0.15) is 11.5 Å². The van der Waals surface area contributed by atoms with Crippen LogP contribution < -0.4 is 15.4 Å². The van der Waals surface area contributed by atoms with E-state index in [9.17, 15) is 15.0 Å². The molecule has 0 unspecified atom stereocenters. The van der Waals surface area contributed by atoms with E-state index in [0.29, 0.717) is 30.1 Å². The molecule has 5 aromatic carbocycles. The van der Waals surface area contributed by atoms with Gasteiger partial charge in [-0.3, -0.25) is 4.90 Å². The molecule has 9 nitrogen and oxygen atoms in total. The molecule has 0 spiro atoms. The van der Waals surface area contributed by atoms with Crippen LogP contribution >= 0.6 is 0 Å². The third kappa shape index (κ3) is 9.15. The average Bonchev–Trinajstić information content (AvgIpc) is 3.16. The van der Waals surface area contributed by atoms with Crippen LogP contribution in [0.25, 0.3) is 0 Å². The van der Waals surface area contributed by atoms with E-state index in [2.05, 4.69) is 15.5 Å². The third-order valence-corrected chi connectivity index (χ3v) is 8.93. The minimum absolute atomic E-state index is 0.0268. The number of hydrogen-bond donors (Lipinski definition) is 4.